The Morgan fingerprint density at radius 1 is 1.39 bits per heavy atom. The highest BCUT2D eigenvalue weighted by Gasteiger charge is 2.25. The van der Waals surface area contributed by atoms with Crippen molar-refractivity contribution in [2.24, 2.45) is 11.1 Å². The Morgan fingerprint density at radius 3 is 2.78 bits per heavy atom. The lowest BCUT2D eigenvalue weighted by Crippen LogP contribution is -2.20. The van der Waals surface area contributed by atoms with Crippen LogP contribution in [0.25, 0.3) is 0 Å². The zero-order valence-corrected chi connectivity index (χ0v) is 11.5. The van der Waals surface area contributed by atoms with Gasteiger partial charge in [0.15, 0.2) is 0 Å². The lowest BCUT2D eigenvalue weighted by molar-refractivity contribution is -0.117. The number of amides is 1. The van der Waals surface area contributed by atoms with Crippen LogP contribution in [0.15, 0.2) is 18.2 Å². The SMILES string of the molecule is CN1C(=O)Cc2cc(CC(C)(C)CCN)ccc21. The third kappa shape index (κ3) is 2.56. The molecule has 3 nitrogen and oxygen atoms in total. The molecule has 0 bridgehead atoms. The summed E-state index contributed by atoms with van der Waals surface area (Å²) >= 11 is 0. The fourth-order valence-electron chi connectivity index (χ4n) is 2.67. The summed E-state index contributed by atoms with van der Waals surface area (Å²) in [5, 5.41) is 0. The van der Waals surface area contributed by atoms with Crippen molar-refractivity contribution in [3.63, 3.8) is 0 Å². The van der Waals surface area contributed by atoms with Gasteiger partial charge in [-0.25, -0.2) is 0 Å². The van der Waals surface area contributed by atoms with Crippen LogP contribution in [0.4, 0.5) is 5.69 Å². The zero-order chi connectivity index (χ0) is 13.3. The molecule has 0 atom stereocenters. The fourth-order valence-corrected chi connectivity index (χ4v) is 2.67. The lowest BCUT2D eigenvalue weighted by atomic mass is 9.82. The summed E-state index contributed by atoms with van der Waals surface area (Å²) in [6.07, 6.45) is 2.56. The van der Waals surface area contributed by atoms with Crippen LogP contribution >= 0.6 is 0 Å². The van der Waals surface area contributed by atoms with Gasteiger partial charge in [0.1, 0.15) is 0 Å². The van der Waals surface area contributed by atoms with E-state index >= 15 is 0 Å². The van der Waals surface area contributed by atoms with Crippen molar-refractivity contribution in [3.8, 4) is 0 Å². The van der Waals surface area contributed by atoms with E-state index in [2.05, 4.69) is 32.0 Å². The van der Waals surface area contributed by atoms with Crippen molar-refractivity contribution in [2.75, 3.05) is 18.5 Å². The molecule has 1 amide bonds. The first kappa shape index (κ1) is 13.1. The summed E-state index contributed by atoms with van der Waals surface area (Å²) in [4.78, 5) is 13.4. The molecule has 0 aliphatic carbocycles. The molecule has 0 aromatic heterocycles. The third-order valence-corrected chi connectivity index (χ3v) is 3.72. The zero-order valence-electron chi connectivity index (χ0n) is 11.5. The lowest BCUT2D eigenvalue weighted by Gasteiger charge is -2.24. The van der Waals surface area contributed by atoms with Crippen LogP contribution < -0.4 is 10.6 Å². The molecule has 1 heterocycles. The molecule has 0 spiro atoms. The Labute approximate surface area is 109 Å². The molecule has 0 fully saturated rings. The van der Waals surface area contributed by atoms with Crippen LogP contribution in [-0.2, 0) is 17.6 Å². The first-order valence-electron chi connectivity index (χ1n) is 6.51. The topological polar surface area (TPSA) is 46.3 Å². The number of hydrogen-bond donors (Lipinski definition) is 1. The number of carbonyl (C=O) groups excluding carboxylic acids is 1. The highest BCUT2D eigenvalue weighted by Crippen LogP contribution is 2.31. The second kappa shape index (κ2) is 4.73. The molecule has 0 unspecified atom stereocenters. The normalized spacial score (nSPS) is 15.1. The molecular formula is C15H22N2O. The van der Waals surface area contributed by atoms with E-state index in [0.29, 0.717) is 6.42 Å². The number of likely N-dealkylation sites (N-methyl/N-ethyl adjacent to an activating group) is 1. The monoisotopic (exact) mass is 246 g/mol. The van der Waals surface area contributed by atoms with Gasteiger partial charge < -0.3 is 10.6 Å². The number of benzene rings is 1. The van der Waals surface area contributed by atoms with Crippen molar-refractivity contribution in [3.05, 3.63) is 29.3 Å². The quantitative estimate of drug-likeness (QED) is 0.884. The maximum atomic E-state index is 11.6. The molecule has 2 rings (SSSR count). The second-order valence-electron chi connectivity index (χ2n) is 5.97. The van der Waals surface area contributed by atoms with Crippen LogP contribution in [0.1, 0.15) is 31.4 Å². The summed E-state index contributed by atoms with van der Waals surface area (Å²) in [5.41, 5.74) is 9.38. The van der Waals surface area contributed by atoms with Crippen LogP contribution in [0.5, 0.6) is 0 Å². The number of carbonyl (C=O) groups is 1. The smallest absolute Gasteiger partial charge is 0.231 e. The Kier molecular flexibility index (Phi) is 3.44. The molecule has 2 N–H and O–H groups in total. The van der Waals surface area contributed by atoms with Gasteiger partial charge in [-0.2, -0.15) is 0 Å². The molecule has 0 saturated heterocycles. The molecule has 3 heteroatoms. The van der Waals surface area contributed by atoms with Crippen molar-refractivity contribution in [2.45, 2.75) is 33.1 Å². The van der Waals surface area contributed by atoms with Gasteiger partial charge in [0.25, 0.3) is 0 Å². The minimum absolute atomic E-state index is 0.184. The first-order chi connectivity index (χ1) is 8.43. The van der Waals surface area contributed by atoms with Crippen molar-refractivity contribution in [1.29, 1.82) is 0 Å². The summed E-state index contributed by atoms with van der Waals surface area (Å²) < 4.78 is 0. The molecule has 1 aliphatic rings. The standard InChI is InChI=1S/C15H22N2O/c1-15(2,6-7-16)10-11-4-5-13-12(8-11)9-14(18)17(13)3/h4-5,8H,6-7,9-10,16H2,1-3H3. The molecule has 1 aromatic rings. The maximum absolute atomic E-state index is 11.6. The number of hydrogen-bond acceptors (Lipinski definition) is 2. The molecular weight excluding hydrogens is 224 g/mol. The first-order valence-corrected chi connectivity index (χ1v) is 6.51. The molecule has 98 valence electrons. The largest absolute Gasteiger partial charge is 0.330 e. The van der Waals surface area contributed by atoms with E-state index in [9.17, 15) is 4.79 Å². The maximum Gasteiger partial charge on any atom is 0.231 e. The van der Waals surface area contributed by atoms with Gasteiger partial charge in [0.05, 0.1) is 6.42 Å². The van der Waals surface area contributed by atoms with E-state index in [1.165, 1.54) is 5.56 Å². The highest BCUT2D eigenvalue weighted by molar-refractivity contribution is 6.00. The summed E-state index contributed by atoms with van der Waals surface area (Å²) in [5.74, 6) is 0.184. The van der Waals surface area contributed by atoms with E-state index < -0.39 is 0 Å². The Morgan fingerprint density at radius 2 is 2.11 bits per heavy atom. The number of rotatable bonds is 4. The number of nitrogens with zero attached hydrogens (tertiary/aromatic N) is 1. The Balaban J connectivity index is 2.19. The van der Waals surface area contributed by atoms with Crippen molar-refractivity contribution >= 4 is 11.6 Å². The molecule has 1 aliphatic heterocycles. The number of fused-ring (bicyclic) bond motifs is 1. The van der Waals surface area contributed by atoms with E-state index in [-0.39, 0.29) is 11.3 Å². The molecule has 0 radical (unpaired) electrons. The predicted molar refractivity (Wildman–Crippen MR) is 74.7 cm³/mol. The summed E-state index contributed by atoms with van der Waals surface area (Å²) in [7, 11) is 1.84. The third-order valence-electron chi connectivity index (χ3n) is 3.72. The van der Waals surface area contributed by atoms with Gasteiger partial charge in [0.2, 0.25) is 5.91 Å². The van der Waals surface area contributed by atoms with Crippen LogP contribution in [0, 0.1) is 5.41 Å². The van der Waals surface area contributed by atoms with Crippen LogP contribution in [0.2, 0.25) is 0 Å². The molecule has 1 aromatic carbocycles. The van der Waals surface area contributed by atoms with Gasteiger partial charge in [-0.1, -0.05) is 26.0 Å². The van der Waals surface area contributed by atoms with Gasteiger partial charge >= 0.3 is 0 Å². The number of nitrogens with two attached hydrogens (primary N) is 1. The average Bonchev–Trinajstić information content (AvgIpc) is 2.53. The fraction of sp³-hybridized carbons (Fsp3) is 0.533. The van der Waals surface area contributed by atoms with Gasteiger partial charge in [-0.3, -0.25) is 4.79 Å². The Hall–Kier alpha value is -1.35. The second-order valence-corrected chi connectivity index (χ2v) is 5.97. The minimum Gasteiger partial charge on any atom is -0.330 e. The molecule has 0 saturated carbocycles. The summed E-state index contributed by atoms with van der Waals surface area (Å²) in [6, 6.07) is 6.37. The highest BCUT2D eigenvalue weighted by atomic mass is 16.2. The van der Waals surface area contributed by atoms with Gasteiger partial charge in [-0.05, 0) is 42.0 Å². The van der Waals surface area contributed by atoms with E-state index in [1.807, 2.05) is 7.05 Å². The molecule has 18 heavy (non-hydrogen) atoms. The summed E-state index contributed by atoms with van der Waals surface area (Å²) in [6.45, 7) is 5.20. The van der Waals surface area contributed by atoms with E-state index in [1.54, 1.807) is 4.90 Å². The van der Waals surface area contributed by atoms with Crippen molar-refractivity contribution < 1.29 is 4.79 Å². The van der Waals surface area contributed by atoms with Gasteiger partial charge in [0, 0.05) is 12.7 Å². The van der Waals surface area contributed by atoms with Crippen LogP contribution in [0.3, 0.4) is 0 Å². The average molecular weight is 246 g/mol. The van der Waals surface area contributed by atoms with Crippen molar-refractivity contribution in [1.82, 2.24) is 0 Å². The Bertz CT molecular complexity index is 466. The van der Waals surface area contributed by atoms with Gasteiger partial charge in [-0.15, -0.1) is 0 Å². The van der Waals surface area contributed by atoms with Crippen LogP contribution in [-0.4, -0.2) is 19.5 Å². The predicted octanol–water partition coefficient (Wildman–Crippen LogP) is 2.12. The van der Waals surface area contributed by atoms with E-state index in [4.69, 9.17) is 5.73 Å². The number of anilines is 1. The minimum atomic E-state index is 0.184. The van der Waals surface area contributed by atoms with E-state index in [0.717, 1.165) is 30.6 Å².